The first-order chi connectivity index (χ1) is 8.03. The van der Waals surface area contributed by atoms with Gasteiger partial charge in [-0.05, 0) is 37.0 Å². The summed E-state index contributed by atoms with van der Waals surface area (Å²) in [4.78, 5) is 0. The third-order valence-electron chi connectivity index (χ3n) is 2.90. The van der Waals surface area contributed by atoms with Gasteiger partial charge in [-0.15, -0.1) is 0 Å². The standard InChI is InChI=1S/C12H14N2O2S/c1-14(17(15,16)9-10-5-6-10)12-4-2-3-11(7-12)8-13/h2-4,7,10H,5-6,9H2,1H3. The molecule has 17 heavy (non-hydrogen) atoms. The van der Waals surface area contributed by atoms with Crippen molar-refractivity contribution in [3.05, 3.63) is 29.8 Å². The van der Waals surface area contributed by atoms with Crippen molar-refractivity contribution in [2.45, 2.75) is 12.8 Å². The highest BCUT2D eigenvalue weighted by molar-refractivity contribution is 7.92. The Morgan fingerprint density at radius 2 is 2.18 bits per heavy atom. The van der Waals surface area contributed by atoms with Gasteiger partial charge in [0.2, 0.25) is 10.0 Å². The van der Waals surface area contributed by atoms with E-state index >= 15 is 0 Å². The molecule has 90 valence electrons. The van der Waals surface area contributed by atoms with E-state index in [1.165, 1.54) is 11.4 Å². The van der Waals surface area contributed by atoms with Crippen LogP contribution in [-0.2, 0) is 10.0 Å². The number of benzene rings is 1. The molecule has 0 bridgehead atoms. The quantitative estimate of drug-likeness (QED) is 0.817. The first kappa shape index (κ1) is 11.9. The van der Waals surface area contributed by atoms with Gasteiger partial charge < -0.3 is 0 Å². The summed E-state index contributed by atoms with van der Waals surface area (Å²) >= 11 is 0. The zero-order valence-electron chi connectivity index (χ0n) is 9.63. The van der Waals surface area contributed by atoms with Crippen LogP contribution in [0.5, 0.6) is 0 Å². The number of rotatable bonds is 4. The van der Waals surface area contributed by atoms with Crippen LogP contribution >= 0.6 is 0 Å². The van der Waals surface area contributed by atoms with Crippen LogP contribution in [0.3, 0.4) is 0 Å². The highest BCUT2D eigenvalue weighted by Crippen LogP contribution is 2.32. The molecule has 0 atom stereocenters. The Hall–Kier alpha value is -1.54. The molecule has 5 heteroatoms. The highest BCUT2D eigenvalue weighted by Gasteiger charge is 2.30. The van der Waals surface area contributed by atoms with E-state index in [0.29, 0.717) is 17.2 Å². The van der Waals surface area contributed by atoms with E-state index in [1.807, 2.05) is 6.07 Å². The van der Waals surface area contributed by atoms with Crippen LogP contribution in [0.25, 0.3) is 0 Å². The number of anilines is 1. The molecule has 0 radical (unpaired) electrons. The van der Waals surface area contributed by atoms with Crippen molar-refractivity contribution in [3.8, 4) is 6.07 Å². The topological polar surface area (TPSA) is 61.2 Å². The van der Waals surface area contributed by atoms with E-state index in [1.54, 1.807) is 24.3 Å². The molecule has 1 fully saturated rings. The SMILES string of the molecule is CN(c1cccc(C#N)c1)S(=O)(=O)CC1CC1. The van der Waals surface area contributed by atoms with Gasteiger partial charge in [0.15, 0.2) is 0 Å². The van der Waals surface area contributed by atoms with Gasteiger partial charge >= 0.3 is 0 Å². The molecule has 0 N–H and O–H groups in total. The molecular formula is C12H14N2O2S. The Morgan fingerprint density at radius 1 is 1.47 bits per heavy atom. The lowest BCUT2D eigenvalue weighted by molar-refractivity contribution is 0.590. The van der Waals surface area contributed by atoms with Gasteiger partial charge in [0.05, 0.1) is 23.1 Å². The second-order valence-corrected chi connectivity index (χ2v) is 6.40. The number of hydrogen-bond acceptors (Lipinski definition) is 3. The zero-order valence-corrected chi connectivity index (χ0v) is 10.4. The highest BCUT2D eigenvalue weighted by atomic mass is 32.2. The van der Waals surface area contributed by atoms with Gasteiger partial charge in [-0.2, -0.15) is 5.26 Å². The van der Waals surface area contributed by atoms with E-state index in [0.717, 1.165) is 12.8 Å². The van der Waals surface area contributed by atoms with Crippen LogP contribution < -0.4 is 4.31 Å². The Balaban J connectivity index is 2.23. The normalized spacial score (nSPS) is 15.3. The molecule has 1 aliphatic carbocycles. The van der Waals surface area contributed by atoms with E-state index in [9.17, 15) is 8.42 Å². The minimum Gasteiger partial charge on any atom is -0.273 e. The number of nitriles is 1. The molecular weight excluding hydrogens is 236 g/mol. The molecule has 0 heterocycles. The minimum atomic E-state index is -3.25. The van der Waals surface area contributed by atoms with Gasteiger partial charge in [0, 0.05) is 7.05 Å². The van der Waals surface area contributed by atoms with E-state index < -0.39 is 10.0 Å². The summed E-state index contributed by atoms with van der Waals surface area (Å²) in [6, 6.07) is 8.64. The summed E-state index contributed by atoms with van der Waals surface area (Å²) in [6.07, 6.45) is 2.01. The number of hydrogen-bond donors (Lipinski definition) is 0. The lowest BCUT2D eigenvalue weighted by Crippen LogP contribution is -2.29. The maximum atomic E-state index is 12.0. The lowest BCUT2D eigenvalue weighted by Gasteiger charge is -2.19. The molecule has 4 nitrogen and oxygen atoms in total. The Kier molecular flexibility index (Phi) is 3.07. The molecule has 1 saturated carbocycles. The van der Waals surface area contributed by atoms with E-state index in [4.69, 9.17) is 5.26 Å². The van der Waals surface area contributed by atoms with Gasteiger partial charge in [0.1, 0.15) is 0 Å². The smallest absolute Gasteiger partial charge is 0.235 e. The number of sulfonamides is 1. The van der Waals surface area contributed by atoms with Crippen LogP contribution in [0, 0.1) is 17.2 Å². The first-order valence-electron chi connectivity index (χ1n) is 5.50. The van der Waals surface area contributed by atoms with Crippen molar-refractivity contribution in [2.75, 3.05) is 17.1 Å². The largest absolute Gasteiger partial charge is 0.273 e. The number of nitrogens with zero attached hydrogens (tertiary/aromatic N) is 2. The minimum absolute atomic E-state index is 0.209. The molecule has 2 rings (SSSR count). The second-order valence-electron chi connectivity index (χ2n) is 4.35. The summed E-state index contributed by atoms with van der Waals surface area (Å²) in [6.45, 7) is 0. The fourth-order valence-corrected chi connectivity index (χ4v) is 3.21. The summed E-state index contributed by atoms with van der Waals surface area (Å²) < 4.78 is 25.3. The van der Waals surface area contributed by atoms with Gasteiger partial charge in [-0.25, -0.2) is 8.42 Å². The molecule has 1 aromatic rings. The summed E-state index contributed by atoms with van der Waals surface area (Å²) in [5.41, 5.74) is 1.01. The van der Waals surface area contributed by atoms with Crippen LogP contribution in [0.1, 0.15) is 18.4 Å². The Bertz CT molecular complexity index is 556. The van der Waals surface area contributed by atoms with Crippen LogP contribution in [0.15, 0.2) is 24.3 Å². The third kappa shape index (κ3) is 2.77. The van der Waals surface area contributed by atoms with Crippen molar-refractivity contribution in [1.82, 2.24) is 0 Å². The molecule has 1 aliphatic rings. The zero-order chi connectivity index (χ0) is 12.5. The molecule has 0 saturated heterocycles. The second kappa shape index (κ2) is 4.38. The van der Waals surface area contributed by atoms with Crippen molar-refractivity contribution in [3.63, 3.8) is 0 Å². The lowest BCUT2D eigenvalue weighted by atomic mass is 10.2. The van der Waals surface area contributed by atoms with Crippen LogP contribution in [0.4, 0.5) is 5.69 Å². The fraction of sp³-hybridized carbons (Fsp3) is 0.417. The van der Waals surface area contributed by atoms with E-state index in [2.05, 4.69) is 0 Å². The fourth-order valence-electron chi connectivity index (χ4n) is 1.63. The van der Waals surface area contributed by atoms with Crippen LogP contribution in [-0.4, -0.2) is 21.2 Å². The Labute approximate surface area is 102 Å². The average molecular weight is 250 g/mol. The summed E-state index contributed by atoms with van der Waals surface area (Å²) in [5.74, 6) is 0.530. The third-order valence-corrected chi connectivity index (χ3v) is 4.84. The van der Waals surface area contributed by atoms with Crippen molar-refractivity contribution >= 4 is 15.7 Å². The monoisotopic (exact) mass is 250 g/mol. The molecule has 0 amide bonds. The van der Waals surface area contributed by atoms with E-state index in [-0.39, 0.29) is 5.75 Å². The van der Waals surface area contributed by atoms with Crippen LogP contribution in [0.2, 0.25) is 0 Å². The molecule has 0 aliphatic heterocycles. The molecule has 0 aromatic heterocycles. The summed E-state index contributed by atoms with van der Waals surface area (Å²) in [5, 5.41) is 8.78. The average Bonchev–Trinajstić information content (AvgIpc) is 3.11. The van der Waals surface area contributed by atoms with Crippen molar-refractivity contribution < 1.29 is 8.42 Å². The molecule has 0 spiro atoms. The van der Waals surface area contributed by atoms with Gasteiger partial charge in [0.25, 0.3) is 0 Å². The Morgan fingerprint density at radius 3 is 2.76 bits per heavy atom. The predicted molar refractivity (Wildman–Crippen MR) is 66.1 cm³/mol. The maximum Gasteiger partial charge on any atom is 0.235 e. The molecule has 1 aromatic carbocycles. The van der Waals surface area contributed by atoms with Gasteiger partial charge in [-0.1, -0.05) is 6.07 Å². The van der Waals surface area contributed by atoms with Crippen molar-refractivity contribution in [1.29, 1.82) is 5.26 Å². The predicted octanol–water partition coefficient (Wildman–Crippen LogP) is 1.73. The summed E-state index contributed by atoms with van der Waals surface area (Å²) in [7, 11) is -1.72. The van der Waals surface area contributed by atoms with Gasteiger partial charge in [-0.3, -0.25) is 4.31 Å². The first-order valence-corrected chi connectivity index (χ1v) is 7.10. The molecule has 0 unspecified atom stereocenters. The maximum absolute atomic E-state index is 12.0. The van der Waals surface area contributed by atoms with Crippen molar-refractivity contribution in [2.24, 2.45) is 5.92 Å².